The van der Waals surface area contributed by atoms with E-state index in [2.05, 4.69) is 12.2 Å². The van der Waals surface area contributed by atoms with Crippen LogP contribution in [0.5, 0.6) is 0 Å². The lowest BCUT2D eigenvalue weighted by Gasteiger charge is -2.21. The molecule has 3 amide bonds. The Morgan fingerprint density at radius 2 is 2.05 bits per heavy atom. The highest BCUT2D eigenvalue weighted by molar-refractivity contribution is 5.96. The average Bonchev–Trinajstić information content (AvgIpc) is 2.86. The molecule has 0 radical (unpaired) electrons. The van der Waals surface area contributed by atoms with Crippen LogP contribution in [0.1, 0.15) is 31.7 Å². The molecule has 1 aromatic rings. The van der Waals surface area contributed by atoms with Gasteiger partial charge in [0.2, 0.25) is 5.91 Å². The van der Waals surface area contributed by atoms with Crippen molar-refractivity contribution in [3.8, 4) is 0 Å². The number of hydrogen-bond acceptors (Lipinski definition) is 2. The number of amides is 3. The number of carbonyl (C=O) groups excluding carboxylic acids is 2. The third-order valence-electron chi connectivity index (χ3n) is 3.99. The number of anilines is 1. The first-order chi connectivity index (χ1) is 10.5. The highest BCUT2D eigenvalue weighted by Gasteiger charge is 2.31. The highest BCUT2D eigenvalue weighted by Crippen LogP contribution is 2.22. The van der Waals surface area contributed by atoms with Crippen molar-refractivity contribution < 1.29 is 9.59 Å². The van der Waals surface area contributed by atoms with Crippen molar-refractivity contribution in [2.45, 2.75) is 39.2 Å². The zero-order chi connectivity index (χ0) is 16.1. The molecule has 1 atom stereocenters. The van der Waals surface area contributed by atoms with Crippen molar-refractivity contribution in [2.24, 2.45) is 0 Å². The first-order valence-electron chi connectivity index (χ1n) is 7.90. The Bertz CT molecular complexity index is 527. The van der Waals surface area contributed by atoms with Gasteiger partial charge >= 0.3 is 6.03 Å². The molecular weight excluding hydrogens is 278 g/mol. The van der Waals surface area contributed by atoms with Crippen LogP contribution in [-0.4, -0.2) is 43.0 Å². The Morgan fingerprint density at radius 3 is 2.68 bits per heavy atom. The second kappa shape index (κ2) is 7.29. The molecule has 0 saturated carbocycles. The van der Waals surface area contributed by atoms with E-state index in [1.54, 1.807) is 16.8 Å². The van der Waals surface area contributed by atoms with E-state index < -0.39 is 0 Å². The number of hydrogen-bond donors (Lipinski definition) is 1. The molecule has 1 aromatic carbocycles. The number of nitrogens with zero attached hydrogens (tertiary/aromatic N) is 2. The Hall–Kier alpha value is -2.04. The topological polar surface area (TPSA) is 52.7 Å². The molecule has 5 heteroatoms. The molecule has 1 unspecified atom stereocenters. The van der Waals surface area contributed by atoms with E-state index in [1.165, 1.54) is 0 Å². The maximum atomic E-state index is 12.2. The number of nitrogens with one attached hydrogen (secondary N) is 1. The summed E-state index contributed by atoms with van der Waals surface area (Å²) in [6.07, 6.45) is 2.41. The number of carbonyl (C=O) groups is 2. The van der Waals surface area contributed by atoms with Gasteiger partial charge in [-0.3, -0.25) is 4.79 Å². The second-order valence-electron chi connectivity index (χ2n) is 5.97. The third-order valence-corrected chi connectivity index (χ3v) is 3.99. The van der Waals surface area contributed by atoms with E-state index in [9.17, 15) is 9.59 Å². The lowest BCUT2D eigenvalue weighted by Crippen LogP contribution is -2.44. The fraction of sp³-hybridized carbons (Fsp3) is 0.529. The van der Waals surface area contributed by atoms with E-state index in [1.807, 2.05) is 31.2 Å². The van der Waals surface area contributed by atoms with Crippen LogP contribution in [0.15, 0.2) is 24.3 Å². The van der Waals surface area contributed by atoms with Crippen LogP contribution in [0.2, 0.25) is 0 Å². The zero-order valence-corrected chi connectivity index (χ0v) is 13.6. The molecular formula is C17H25N3O2. The summed E-state index contributed by atoms with van der Waals surface area (Å²) in [6, 6.07) is 7.66. The van der Waals surface area contributed by atoms with Crippen LogP contribution in [0, 0.1) is 6.92 Å². The molecule has 22 heavy (non-hydrogen) atoms. The predicted molar refractivity (Wildman–Crippen MR) is 88.0 cm³/mol. The van der Waals surface area contributed by atoms with Crippen LogP contribution in [0.4, 0.5) is 10.5 Å². The fourth-order valence-electron chi connectivity index (χ4n) is 2.56. The molecule has 1 heterocycles. The summed E-state index contributed by atoms with van der Waals surface area (Å²) in [5.74, 6) is 0.0605. The standard InChI is InChI=1S/C17H25N3O2/c1-4-5-10-19(3)17(22)18-14-11-16(21)20(12-14)15-8-6-13(2)7-9-15/h6-9,14H,4-5,10-12H2,1-3H3,(H,18,22). The Balaban J connectivity index is 1.92. The zero-order valence-electron chi connectivity index (χ0n) is 13.6. The van der Waals surface area contributed by atoms with Gasteiger partial charge in [-0.1, -0.05) is 31.0 Å². The maximum Gasteiger partial charge on any atom is 0.317 e. The van der Waals surface area contributed by atoms with Gasteiger partial charge in [-0.2, -0.15) is 0 Å². The summed E-state index contributed by atoms with van der Waals surface area (Å²) >= 11 is 0. The molecule has 0 spiro atoms. The Labute approximate surface area is 132 Å². The SMILES string of the molecule is CCCCN(C)C(=O)NC1CC(=O)N(c2ccc(C)cc2)C1. The molecule has 0 bridgehead atoms. The van der Waals surface area contributed by atoms with E-state index >= 15 is 0 Å². The summed E-state index contributed by atoms with van der Waals surface area (Å²) in [4.78, 5) is 27.7. The lowest BCUT2D eigenvalue weighted by atomic mass is 10.2. The van der Waals surface area contributed by atoms with Crippen LogP contribution in [0.25, 0.3) is 0 Å². The minimum atomic E-state index is -0.120. The van der Waals surface area contributed by atoms with Crippen molar-refractivity contribution in [3.05, 3.63) is 29.8 Å². The summed E-state index contributed by atoms with van der Waals surface area (Å²) in [6.45, 7) is 5.39. The minimum Gasteiger partial charge on any atom is -0.333 e. The molecule has 0 aliphatic carbocycles. The van der Waals surface area contributed by atoms with Gasteiger partial charge in [0.15, 0.2) is 0 Å². The van der Waals surface area contributed by atoms with Gasteiger partial charge in [0, 0.05) is 32.2 Å². The van der Waals surface area contributed by atoms with Crippen molar-refractivity contribution >= 4 is 17.6 Å². The van der Waals surface area contributed by atoms with Gasteiger partial charge in [-0.25, -0.2) is 4.79 Å². The molecule has 1 N–H and O–H groups in total. The van der Waals surface area contributed by atoms with Crippen molar-refractivity contribution in [1.29, 1.82) is 0 Å². The van der Waals surface area contributed by atoms with Gasteiger partial charge in [-0.05, 0) is 25.5 Å². The van der Waals surface area contributed by atoms with E-state index in [-0.39, 0.29) is 18.0 Å². The molecule has 2 rings (SSSR count). The van der Waals surface area contributed by atoms with Crippen LogP contribution in [0.3, 0.4) is 0 Å². The monoisotopic (exact) mass is 303 g/mol. The molecule has 120 valence electrons. The van der Waals surface area contributed by atoms with Gasteiger partial charge in [0.1, 0.15) is 0 Å². The largest absolute Gasteiger partial charge is 0.333 e. The number of urea groups is 1. The van der Waals surface area contributed by atoms with Gasteiger partial charge in [-0.15, -0.1) is 0 Å². The number of aryl methyl sites for hydroxylation is 1. The summed E-state index contributed by atoms with van der Waals surface area (Å²) < 4.78 is 0. The lowest BCUT2D eigenvalue weighted by molar-refractivity contribution is -0.117. The number of unbranched alkanes of at least 4 members (excludes halogenated alkanes) is 1. The third kappa shape index (κ3) is 4.00. The average molecular weight is 303 g/mol. The van der Waals surface area contributed by atoms with Crippen LogP contribution in [-0.2, 0) is 4.79 Å². The fourth-order valence-corrected chi connectivity index (χ4v) is 2.56. The summed E-state index contributed by atoms with van der Waals surface area (Å²) in [5.41, 5.74) is 2.06. The van der Waals surface area contributed by atoms with E-state index in [4.69, 9.17) is 0 Å². The molecule has 1 aliphatic rings. The predicted octanol–water partition coefficient (Wildman–Crippen LogP) is 2.54. The molecule has 0 aromatic heterocycles. The van der Waals surface area contributed by atoms with Gasteiger partial charge in [0.25, 0.3) is 0 Å². The molecule has 1 aliphatic heterocycles. The Kier molecular flexibility index (Phi) is 5.41. The van der Waals surface area contributed by atoms with Gasteiger partial charge < -0.3 is 15.1 Å². The van der Waals surface area contributed by atoms with Crippen LogP contribution >= 0.6 is 0 Å². The molecule has 1 saturated heterocycles. The summed E-state index contributed by atoms with van der Waals surface area (Å²) in [5, 5.41) is 2.95. The quantitative estimate of drug-likeness (QED) is 0.909. The highest BCUT2D eigenvalue weighted by atomic mass is 16.2. The molecule has 1 fully saturated rings. The van der Waals surface area contributed by atoms with Crippen molar-refractivity contribution in [3.63, 3.8) is 0 Å². The number of rotatable bonds is 5. The molecule has 5 nitrogen and oxygen atoms in total. The van der Waals surface area contributed by atoms with Crippen molar-refractivity contribution in [2.75, 3.05) is 25.0 Å². The van der Waals surface area contributed by atoms with E-state index in [0.29, 0.717) is 13.0 Å². The minimum absolute atomic E-state index is 0.0605. The number of benzene rings is 1. The summed E-state index contributed by atoms with van der Waals surface area (Å²) in [7, 11) is 1.79. The van der Waals surface area contributed by atoms with Gasteiger partial charge in [0.05, 0.1) is 6.04 Å². The smallest absolute Gasteiger partial charge is 0.317 e. The maximum absolute atomic E-state index is 12.2. The van der Waals surface area contributed by atoms with Crippen LogP contribution < -0.4 is 10.2 Å². The first kappa shape index (κ1) is 16.3. The Morgan fingerprint density at radius 1 is 1.36 bits per heavy atom. The second-order valence-corrected chi connectivity index (χ2v) is 5.97. The first-order valence-corrected chi connectivity index (χ1v) is 7.90. The van der Waals surface area contributed by atoms with Crippen molar-refractivity contribution in [1.82, 2.24) is 10.2 Å². The normalized spacial score (nSPS) is 17.7. The van der Waals surface area contributed by atoms with E-state index in [0.717, 1.165) is 30.6 Å².